The fourth-order valence-electron chi connectivity index (χ4n) is 2.64. The maximum absolute atomic E-state index is 12.5. The van der Waals surface area contributed by atoms with Crippen LogP contribution in [0.5, 0.6) is 0 Å². The van der Waals surface area contributed by atoms with Crippen molar-refractivity contribution in [3.8, 4) is 0 Å². The van der Waals surface area contributed by atoms with E-state index in [4.69, 9.17) is 0 Å². The first-order chi connectivity index (χ1) is 11.1. The van der Waals surface area contributed by atoms with E-state index in [0.717, 1.165) is 23.0 Å². The summed E-state index contributed by atoms with van der Waals surface area (Å²) in [6.07, 6.45) is 0.838. The summed E-state index contributed by atoms with van der Waals surface area (Å²) in [4.78, 5) is 21.5. The van der Waals surface area contributed by atoms with Crippen LogP contribution in [0, 0.1) is 6.92 Å². The lowest BCUT2D eigenvalue weighted by Gasteiger charge is -2.11. The molecule has 1 aromatic carbocycles. The summed E-state index contributed by atoms with van der Waals surface area (Å²) in [7, 11) is 4.00. The van der Waals surface area contributed by atoms with Crippen LogP contribution in [0.4, 0.5) is 5.13 Å². The van der Waals surface area contributed by atoms with Gasteiger partial charge in [-0.05, 0) is 18.6 Å². The summed E-state index contributed by atoms with van der Waals surface area (Å²) in [5.74, 6) is 0.962. The molecule has 0 saturated heterocycles. The van der Waals surface area contributed by atoms with Crippen LogP contribution in [0.3, 0.4) is 0 Å². The molecule has 1 aliphatic rings. The first-order valence-corrected chi connectivity index (χ1v) is 9.49. The quantitative estimate of drug-likeness (QED) is 0.903. The largest absolute Gasteiger partial charge is 0.355 e. The van der Waals surface area contributed by atoms with Gasteiger partial charge in [-0.2, -0.15) is 0 Å². The molecule has 0 radical (unpaired) electrons. The average molecular weight is 348 g/mol. The SMILES string of the molecule is Cc1nc(N(C)C)sc1CCNC(=O)[C@@H]1CSc2ccccc21. The van der Waals surface area contributed by atoms with Crippen molar-refractivity contribution in [2.45, 2.75) is 24.2 Å². The number of nitrogens with zero attached hydrogens (tertiary/aromatic N) is 2. The number of aromatic nitrogens is 1. The molecule has 0 aliphatic carbocycles. The number of thiazole rings is 1. The lowest BCUT2D eigenvalue weighted by atomic mass is 10.0. The van der Waals surface area contributed by atoms with E-state index in [1.807, 2.05) is 38.1 Å². The van der Waals surface area contributed by atoms with E-state index in [1.54, 1.807) is 23.1 Å². The highest BCUT2D eigenvalue weighted by Crippen LogP contribution is 2.39. The third-order valence-electron chi connectivity index (χ3n) is 3.93. The number of rotatable bonds is 5. The number of carbonyl (C=O) groups excluding carboxylic acids is 1. The minimum atomic E-state index is -0.0175. The van der Waals surface area contributed by atoms with Gasteiger partial charge in [0.25, 0.3) is 0 Å². The number of thioether (sulfide) groups is 1. The van der Waals surface area contributed by atoms with Crippen molar-refractivity contribution in [2.75, 3.05) is 31.3 Å². The third kappa shape index (κ3) is 3.53. The smallest absolute Gasteiger partial charge is 0.228 e. The summed E-state index contributed by atoms with van der Waals surface area (Å²) in [6, 6.07) is 8.20. The summed E-state index contributed by atoms with van der Waals surface area (Å²) in [5, 5.41) is 4.11. The molecular formula is C17H21N3OS2. The first kappa shape index (κ1) is 16.3. The minimum Gasteiger partial charge on any atom is -0.355 e. The van der Waals surface area contributed by atoms with E-state index >= 15 is 0 Å². The fourth-order valence-corrected chi connectivity index (χ4v) is 4.85. The standard InChI is InChI=1S/C17H21N3OS2/c1-11-14(23-17(19-11)20(2)3)8-9-18-16(21)13-10-22-15-7-5-4-6-12(13)15/h4-7,13H,8-10H2,1-3H3,(H,18,21)/t13-/m1/s1. The molecule has 1 N–H and O–H groups in total. The summed E-state index contributed by atoms with van der Waals surface area (Å²) in [6.45, 7) is 2.70. The van der Waals surface area contributed by atoms with E-state index in [2.05, 4.69) is 22.4 Å². The number of hydrogen-bond donors (Lipinski definition) is 1. The normalized spacial score (nSPS) is 16.2. The summed E-state index contributed by atoms with van der Waals surface area (Å²) >= 11 is 3.47. The van der Waals surface area contributed by atoms with Gasteiger partial charge in [0.1, 0.15) is 0 Å². The second-order valence-electron chi connectivity index (χ2n) is 5.84. The van der Waals surface area contributed by atoms with Crippen molar-refractivity contribution in [3.05, 3.63) is 40.4 Å². The lowest BCUT2D eigenvalue weighted by Crippen LogP contribution is -2.31. The monoisotopic (exact) mass is 347 g/mol. The molecule has 122 valence electrons. The molecule has 6 heteroatoms. The Morgan fingerprint density at radius 3 is 2.91 bits per heavy atom. The van der Waals surface area contributed by atoms with Crippen molar-refractivity contribution in [2.24, 2.45) is 0 Å². The van der Waals surface area contributed by atoms with Crippen LogP contribution in [0.15, 0.2) is 29.2 Å². The van der Waals surface area contributed by atoms with Crippen LogP contribution < -0.4 is 10.2 Å². The molecule has 23 heavy (non-hydrogen) atoms. The zero-order valence-electron chi connectivity index (χ0n) is 13.6. The van der Waals surface area contributed by atoms with Crippen LogP contribution in [0.2, 0.25) is 0 Å². The number of benzene rings is 1. The highest BCUT2D eigenvalue weighted by atomic mass is 32.2. The van der Waals surface area contributed by atoms with E-state index in [0.29, 0.717) is 6.54 Å². The van der Waals surface area contributed by atoms with Gasteiger partial charge in [0.05, 0.1) is 11.6 Å². The molecule has 0 fully saturated rings. The summed E-state index contributed by atoms with van der Waals surface area (Å²) < 4.78 is 0. The Hall–Kier alpha value is -1.53. The van der Waals surface area contributed by atoms with Crippen molar-refractivity contribution >= 4 is 34.1 Å². The maximum atomic E-state index is 12.5. The average Bonchev–Trinajstić information content (AvgIpc) is 3.11. The topological polar surface area (TPSA) is 45.2 Å². The second-order valence-corrected chi connectivity index (χ2v) is 7.97. The highest BCUT2D eigenvalue weighted by Gasteiger charge is 2.28. The van der Waals surface area contributed by atoms with Gasteiger partial charge in [0, 0.05) is 42.6 Å². The molecule has 0 spiro atoms. The van der Waals surface area contributed by atoms with Crippen LogP contribution >= 0.6 is 23.1 Å². The Morgan fingerprint density at radius 2 is 2.17 bits per heavy atom. The van der Waals surface area contributed by atoms with Crippen molar-refractivity contribution in [1.29, 1.82) is 0 Å². The van der Waals surface area contributed by atoms with Crippen molar-refractivity contribution in [3.63, 3.8) is 0 Å². The molecule has 0 bridgehead atoms. The van der Waals surface area contributed by atoms with Gasteiger partial charge in [0.2, 0.25) is 5.91 Å². The second kappa shape index (κ2) is 6.93. The predicted molar refractivity (Wildman–Crippen MR) is 97.8 cm³/mol. The molecule has 4 nitrogen and oxygen atoms in total. The molecule has 2 aromatic rings. The molecular weight excluding hydrogens is 326 g/mol. The zero-order chi connectivity index (χ0) is 16.4. The van der Waals surface area contributed by atoms with Gasteiger partial charge < -0.3 is 10.2 Å². The van der Waals surface area contributed by atoms with Gasteiger partial charge in [-0.25, -0.2) is 4.98 Å². The van der Waals surface area contributed by atoms with E-state index in [1.165, 1.54) is 15.3 Å². The van der Waals surface area contributed by atoms with E-state index in [-0.39, 0.29) is 11.8 Å². The van der Waals surface area contributed by atoms with Crippen molar-refractivity contribution < 1.29 is 4.79 Å². The van der Waals surface area contributed by atoms with Crippen molar-refractivity contribution in [1.82, 2.24) is 10.3 Å². The highest BCUT2D eigenvalue weighted by molar-refractivity contribution is 7.99. The molecule has 1 aromatic heterocycles. The molecule has 0 saturated carbocycles. The molecule has 1 aliphatic heterocycles. The van der Waals surface area contributed by atoms with E-state index in [9.17, 15) is 4.79 Å². The zero-order valence-corrected chi connectivity index (χ0v) is 15.3. The minimum absolute atomic E-state index is 0.0175. The molecule has 3 rings (SSSR count). The van der Waals surface area contributed by atoms with Gasteiger partial charge in [-0.3, -0.25) is 4.79 Å². The number of nitrogens with one attached hydrogen (secondary N) is 1. The van der Waals surface area contributed by atoms with E-state index < -0.39 is 0 Å². The number of fused-ring (bicyclic) bond motifs is 1. The van der Waals surface area contributed by atoms with Gasteiger partial charge in [0.15, 0.2) is 5.13 Å². The summed E-state index contributed by atoms with van der Waals surface area (Å²) in [5.41, 5.74) is 2.23. The molecule has 2 heterocycles. The predicted octanol–water partition coefficient (Wildman–Crippen LogP) is 3.07. The van der Waals surface area contributed by atoms with Crippen LogP contribution in [0.1, 0.15) is 22.1 Å². The maximum Gasteiger partial charge on any atom is 0.228 e. The molecule has 1 amide bonds. The molecule has 1 atom stereocenters. The van der Waals surface area contributed by atoms with Gasteiger partial charge >= 0.3 is 0 Å². The Labute approximate surface area is 145 Å². The lowest BCUT2D eigenvalue weighted by molar-refractivity contribution is -0.122. The van der Waals surface area contributed by atoms with Crippen LogP contribution in [-0.2, 0) is 11.2 Å². The fraction of sp³-hybridized carbons (Fsp3) is 0.412. The Balaban J connectivity index is 1.56. The van der Waals surface area contributed by atoms with Crippen LogP contribution in [-0.4, -0.2) is 37.3 Å². The number of hydrogen-bond acceptors (Lipinski definition) is 5. The number of amides is 1. The third-order valence-corrected chi connectivity index (χ3v) is 6.50. The number of carbonyl (C=O) groups is 1. The van der Waals surface area contributed by atoms with Crippen LogP contribution in [0.25, 0.3) is 0 Å². The van der Waals surface area contributed by atoms with Gasteiger partial charge in [-0.1, -0.05) is 18.2 Å². The Morgan fingerprint density at radius 1 is 1.39 bits per heavy atom. The number of anilines is 1. The number of aryl methyl sites for hydroxylation is 1. The first-order valence-electron chi connectivity index (χ1n) is 7.69. The Bertz CT molecular complexity index is 712. The molecule has 0 unspecified atom stereocenters. The Kier molecular flexibility index (Phi) is 4.92. The van der Waals surface area contributed by atoms with Gasteiger partial charge in [-0.15, -0.1) is 23.1 Å².